The van der Waals surface area contributed by atoms with Crippen molar-refractivity contribution in [3.8, 4) is 5.75 Å². The number of aromatic amines is 1. The minimum atomic E-state index is -1.14. The van der Waals surface area contributed by atoms with E-state index < -0.39 is 16.8 Å². The number of ketones is 1. The van der Waals surface area contributed by atoms with Gasteiger partial charge in [0.1, 0.15) is 18.2 Å². The molecule has 0 spiro atoms. The SMILES string of the molecule is O=C(Cl)C(=O)c1c[nH]c2c(F)ccc(OCc3ccccc3)c12. The summed E-state index contributed by atoms with van der Waals surface area (Å²) in [5, 5.41) is -0.927. The van der Waals surface area contributed by atoms with E-state index in [0.29, 0.717) is 5.75 Å². The molecule has 1 aromatic heterocycles. The normalized spacial score (nSPS) is 10.7. The molecular formula is C17H11ClFNO3. The lowest BCUT2D eigenvalue weighted by molar-refractivity contribution is -0.108. The summed E-state index contributed by atoms with van der Waals surface area (Å²) in [7, 11) is 0. The summed E-state index contributed by atoms with van der Waals surface area (Å²) in [5.74, 6) is -1.16. The first-order valence-corrected chi connectivity index (χ1v) is 7.16. The molecule has 0 amide bonds. The first-order valence-electron chi connectivity index (χ1n) is 6.78. The second-order valence-electron chi connectivity index (χ2n) is 4.87. The zero-order chi connectivity index (χ0) is 16.4. The Bertz CT molecular complexity index is 889. The number of rotatable bonds is 5. The van der Waals surface area contributed by atoms with Crippen LogP contribution in [-0.4, -0.2) is 16.0 Å². The molecule has 0 bridgehead atoms. The fourth-order valence-electron chi connectivity index (χ4n) is 2.32. The Labute approximate surface area is 135 Å². The van der Waals surface area contributed by atoms with Gasteiger partial charge in [-0.3, -0.25) is 9.59 Å². The molecule has 0 aliphatic carbocycles. The quantitative estimate of drug-likeness (QED) is 0.439. The number of aromatic nitrogens is 1. The van der Waals surface area contributed by atoms with Crippen molar-refractivity contribution in [3.05, 3.63) is 65.6 Å². The van der Waals surface area contributed by atoms with Crippen LogP contribution >= 0.6 is 11.6 Å². The van der Waals surface area contributed by atoms with Crippen LogP contribution in [0.4, 0.5) is 4.39 Å². The molecule has 0 saturated carbocycles. The molecule has 3 rings (SSSR count). The first kappa shape index (κ1) is 15.2. The molecule has 0 atom stereocenters. The van der Waals surface area contributed by atoms with E-state index in [-0.39, 0.29) is 23.1 Å². The molecular weight excluding hydrogens is 321 g/mol. The number of Topliss-reactive ketones (excluding diaryl/α,β-unsaturated/α-hetero) is 1. The van der Waals surface area contributed by atoms with Crippen molar-refractivity contribution in [1.29, 1.82) is 0 Å². The molecule has 2 aromatic carbocycles. The summed E-state index contributed by atoms with van der Waals surface area (Å²) in [4.78, 5) is 25.7. The topological polar surface area (TPSA) is 59.2 Å². The minimum Gasteiger partial charge on any atom is -0.488 e. The van der Waals surface area contributed by atoms with E-state index in [4.69, 9.17) is 16.3 Å². The van der Waals surface area contributed by atoms with Crippen LogP contribution in [0, 0.1) is 5.82 Å². The Morgan fingerprint density at radius 3 is 2.57 bits per heavy atom. The van der Waals surface area contributed by atoms with Crippen molar-refractivity contribution in [1.82, 2.24) is 4.98 Å². The molecule has 0 fully saturated rings. The summed E-state index contributed by atoms with van der Waals surface area (Å²) in [5.41, 5.74) is 1.00. The van der Waals surface area contributed by atoms with Crippen molar-refractivity contribution in [2.24, 2.45) is 0 Å². The molecule has 0 saturated heterocycles. The van der Waals surface area contributed by atoms with E-state index in [9.17, 15) is 14.0 Å². The van der Waals surface area contributed by atoms with Crippen LogP contribution in [0.3, 0.4) is 0 Å². The number of H-pyrrole nitrogens is 1. The smallest absolute Gasteiger partial charge is 0.293 e. The second kappa shape index (κ2) is 6.22. The van der Waals surface area contributed by atoms with Gasteiger partial charge in [0.05, 0.1) is 16.5 Å². The molecule has 0 radical (unpaired) electrons. The van der Waals surface area contributed by atoms with E-state index in [1.165, 1.54) is 18.3 Å². The Morgan fingerprint density at radius 1 is 1.13 bits per heavy atom. The van der Waals surface area contributed by atoms with Gasteiger partial charge >= 0.3 is 0 Å². The van der Waals surface area contributed by atoms with Crippen LogP contribution in [0.5, 0.6) is 5.75 Å². The molecule has 116 valence electrons. The molecule has 1 heterocycles. The standard InChI is InChI=1S/C17H11ClFNO3/c18-17(22)16(21)11-8-20-15-12(19)6-7-13(14(11)15)23-9-10-4-2-1-3-5-10/h1-8,20H,9H2. The van der Waals surface area contributed by atoms with Crippen molar-refractivity contribution < 1.29 is 18.7 Å². The predicted molar refractivity (Wildman–Crippen MR) is 84.2 cm³/mol. The van der Waals surface area contributed by atoms with Crippen molar-refractivity contribution in [2.45, 2.75) is 6.61 Å². The van der Waals surface area contributed by atoms with Gasteiger partial charge in [0.2, 0.25) is 5.78 Å². The number of fused-ring (bicyclic) bond motifs is 1. The van der Waals surface area contributed by atoms with E-state index >= 15 is 0 Å². The zero-order valence-electron chi connectivity index (χ0n) is 11.8. The maximum Gasteiger partial charge on any atom is 0.293 e. The fraction of sp³-hybridized carbons (Fsp3) is 0.0588. The number of hydrogen-bond acceptors (Lipinski definition) is 3. The van der Waals surface area contributed by atoms with Crippen LogP contribution in [0.1, 0.15) is 15.9 Å². The van der Waals surface area contributed by atoms with Crippen LogP contribution in [0.25, 0.3) is 10.9 Å². The lowest BCUT2D eigenvalue weighted by Crippen LogP contribution is -2.07. The molecule has 6 heteroatoms. The summed E-state index contributed by atoms with van der Waals surface area (Å²) >= 11 is 5.25. The fourth-order valence-corrected chi connectivity index (χ4v) is 2.43. The molecule has 23 heavy (non-hydrogen) atoms. The van der Waals surface area contributed by atoms with Crippen molar-refractivity contribution in [3.63, 3.8) is 0 Å². The summed E-state index contributed by atoms with van der Waals surface area (Å²) in [6, 6.07) is 12.0. The van der Waals surface area contributed by atoms with Gasteiger partial charge in [-0.05, 0) is 29.3 Å². The Morgan fingerprint density at radius 2 is 1.87 bits per heavy atom. The van der Waals surface area contributed by atoms with Gasteiger partial charge in [0.25, 0.3) is 5.24 Å². The third-order valence-corrected chi connectivity index (χ3v) is 3.58. The summed E-state index contributed by atoms with van der Waals surface area (Å²) in [6.45, 7) is 0.245. The van der Waals surface area contributed by atoms with Crippen LogP contribution in [0.2, 0.25) is 0 Å². The van der Waals surface area contributed by atoms with Crippen molar-refractivity contribution >= 4 is 33.5 Å². The number of ether oxygens (including phenoxy) is 1. The van der Waals surface area contributed by atoms with Gasteiger partial charge in [0, 0.05) is 6.20 Å². The molecule has 0 aliphatic heterocycles. The summed E-state index contributed by atoms with van der Waals surface area (Å²) in [6.07, 6.45) is 1.26. The Hall–Kier alpha value is -2.66. The highest BCUT2D eigenvalue weighted by atomic mass is 35.5. The first-order chi connectivity index (χ1) is 11.1. The van der Waals surface area contributed by atoms with Crippen LogP contribution in [-0.2, 0) is 11.4 Å². The molecule has 1 N–H and O–H groups in total. The highest BCUT2D eigenvalue weighted by Crippen LogP contribution is 2.32. The average Bonchev–Trinajstić information content (AvgIpc) is 3.00. The number of benzene rings is 2. The Kier molecular flexibility index (Phi) is 4.12. The highest BCUT2D eigenvalue weighted by Gasteiger charge is 2.22. The van der Waals surface area contributed by atoms with E-state index in [2.05, 4.69) is 4.98 Å². The molecule has 3 aromatic rings. The van der Waals surface area contributed by atoms with Gasteiger partial charge in [-0.1, -0.05) is 30.3 Å². The van der Waals surface area contributed by atoms with E-state index in [1.54, 1.807) is 0 Å². The third kappa shape index (κ3) is 2.96. The number of hydrogen-bond donors (Lipinski definition) is 1. The van der Waals surface area contributed by atoms with Gasteiger partial charge < -0.3 is 9.72 Å². The third-order valence-electron chi connectivity index (χ3n) is 3.41. The number of carbonyl (C=O) groups excluding carboxylic acids is 2. The van der Waals surface area contributed by atoms with E-state index in [1.807, 2.05) is 30.3 Å². The lowest BCUT2D eigenvalue weighted by atomic mass is 10.1. The molecule has 0 aliphatic rings. The van der Waals surface area contributed by atoms with Gasteiger partial charge in [-0.25, -0.2) is 4.39 Å². The highest BCUT2D eigenvalue weighted by molar-refractivity contribution is 6.83. The maximum absolute atomic E-state index is 13.9. The Balaban J connectivity index is 2.02. The molecule has 4 nitrogen and oxygen atoms in total. The van der Waals surface area contributed by atoms with Crippen molar-refractivity contribution in [2.75, 3.05) is 0 Å². The van der Waals surface area contributed by atoms with E-state index in [0.717, 1.165) is 5.56 Å². The van der Waals surface area contributed by atoms with Crippen LogP contribution < -0.4 is 4.74 Å². The predicted octanol–water partition coefficient (Wildman–Crippen LogP) is 3.83. The number of carbonyl (C=O) groups is 2. The molecule has 0 unspecified atom stereocenters. The monoisotopic (exact) mass is 331 g/mol. The largest absolute Gasteiger partial charge is 0.488 e. The summed E-state index contributed by atoms with van der Waals surface area (Å²) < 4.78 is 19.6. The van der Waals surface area contributed by atoms with Gasteiger partial charge in [-0.15, -0.1) is 0 Å². The number of halogens is 2. The maximum atomic E-state index is 13.9. The lowest BCUT2D eigenvalue weighted by Gasteiger charge is -2.09. The average molecular weight is 332 g/mol. The number of nitrogens with one attached hydrogen (secondary N) is 1. The zero-order valence-corrected chi connectivity index (χ0v) is 12.6. The van der Waals surface area contributed by atoms with Gasteiger partial charge in [-0.2, -0.15) is 0 Å². The second-order valence-corrected chi connectivity index (χ2v) is 5.22. The van der Waals surface area contributed by atoms with Gasteiger partial charge in [0.15, 0.2) is 0 Å². The van der Waals surface area contributed by atoms with Crippen LogP contribution in [0.15, 0.2) is 48.7 Å². The minimum absolute atomic E-state index is 0.0115.